The Bertz CT molecular complexity index is 325. The van der Waals surface area contributed by atoms with Crippen LogP contribution in [-0.2, 0) is 5.41 Å². The fourth-order valence-electron chi connectivity index (χ4n) is 3.59. The van der Waals surface area contributed by atoms with Gasteiger partial charge in [-0.1, -0.05) is 57.0 Å². The van der Waals surface area contributed by atoms with Gasteiger partial charge in [0, 0.05) is 11.5 Å². The summed E-state index contributed by atoms with van der Waals surface area (Å²) in [6.07, 6.45) is 6.70. The van der Waals surface area contributed by atoms with Crippen LogP contribution < -0.4 is 5.32 Å². The minimum atomic E-state index is 0.395. The second kappa shape index (κ2) is 5.68. The molecule has 1 N–H and O–H groups in total. The van der Waals surface area contributed by atoms with Gasteiger partial charge in [0.25, 0.3) is 0 Å². The second-order valence-electron chi connectivity index (χ2n) is 5.25. The molecule has 1 nitrogen and oxygen atoms in total. The molecule has 1 saturated carbocycles. The van der Waals surface area contributed by atoms with E-state index in [1.54, 1.807) is 5.56 Å². The van der Waals surface area contributed by atoms with Crippen LogP contribution in [0.5, 0.6) is 0 Å². The number of hydrogen-bond acceptors (Lipinski definition) is 1. The lowest BCUT2D eigenvalue weighted by Gasteiger charge is -2.38. The van der Waals surface area contributed by atoms with Gasteiger partial charge >= 0.3 is 0 Å². The van der Waals surface area contributed by atoms with Crippen molar-refractivity contribution in [2.24, 2.45) is 0 Å². The van der Waals surface area contributed by atoms with E-state index in [-0.39, 0.29) is 0 Å². The highest BCUT2D eigenvalue weighted by Gasteiger charge is 2.41. The first-order valence-electron chi connectivity index (χ1n) is 7.12. The van der Waals surface area contributed by atoms with E-state index in [0.29, 0.717) is 11.5 Å². The number of rotatable bonds is 5. The van der Waals surface area contributed by atoms with Crippen LogP contribution in [0.25, 0.3) is 0 Å². The quantitative estimate of drug-likeness (QED) is 0.810. The lowest BCUT2D eigenvalue weighted by Crippen LogP contribution is -2.46. The maximum atomic E-state index is 3.71. The van der Waals surface area contributed by atoms with Gasteiger partial charge in [-0.2, -0.15) is 0 Å². The van der Waals surface area contributed by atoms with E-state index in [4.69, 9.17) is 0 Å². The van der Waals surface area contributed by atoms with E-state index in [1.807, 2.05) is 0 Å². The largest absolute Gasteiger partial charge is 0.313 e. The monoisotopic (exact) mass is 231 g/mol. The lowest BCUT2D eigenvalue weighted by molar-refractivity contribution is 0.292. The zero-order chi connectivity index (χ0) is 12.1. The summed E-state index contributed by atoms with van der Waals surface area (Å²) in [5.74, 6) is 0. The van der Waals surface area contributed by atoms with Gasteiger partial charge in [0.1, 0.15) is 0 Å². The predicted octanol–water partition coefficient (Wildman–Crippen LogP) is 3.89. The smallest absolute Gasteiger partial charge is 0.0161 e. The van der Waals surface area contributed by atoms with Gasteiger partial charge < -0.3 is 5.32 Å². The molecule has 1 unspecified atom stereocenters. The standard InChI is InChI=1S/C16H25N/c1-3-15(17-4-2)16(12-8-9-13-16)14-10-6-5-7-11-14/h5-7,10-11,15,17H,3-4,8-9,12-13H2,1-2H3. The molecule has 0 bridgehead atoms. The first kappa shape index (κ1) is 12.6. The Morgan fingerprint density at radius 2 is 1.76 bits per heavy atom. The summed E-state index contributed by atoms with van der Waals surface area (Å²) >= 11 is 0. The van der Waals surface area contributed by atoms with Crippen molar-refractivity contribution in [2.45, 2.75) is 57.4 Å². The maximum absolute atomic E-state index is 3.71. The molecule has 94 valence electrons. The molecule has 1 aromatic rings. The van der Waals surface area contributed by atoms with Crippen LogP contribution in [-0.4, -0.2) is 12.6 Å². The first-order chi connectivity index (χ1) is 8.33. The lowest BCUT2D eigenvalue weighted by atomic mass is 9.71. The summed E-state index contributed by atoms with van der Waals surface area (Å²) in [6.45, 7) is 5.61. The molecule has 1 fully saturated rings. The fraction of sp³-hybridized carbons (Fsp3) is 0.625. The van der Waals surface area contributed by atoms with E-state index >= 15 is 0 Å². The van der Waals surface area contributed by atoms with Crippen LogP contribution in [0.3, 0.4) is 0 Å². The van der Waals surface area contributed by atoms with E-state index < -0.39 is 0 Å². The van der Waals surface area contributed by atoms with Crippen LogP contribution >= 0.6 is 0 Å². The Labute approximate surface area is 106 Å². The van der Waals surface area contributed by atoms with Gasteiger partial charge in [0.15, 0.2) is 0 Å². The molecule has 1 aromatic carbocycles. The second-order valence-corrected chi connectivity index (χ2v) is 5.25. The predicted molar refractivity (Wildman–Crippen MR) is 74.3 cm³/mol. The zero-order valence-electron chi connectivity index (χ0n) is 11.2. The summed E-state index contributed by atoms with van der Waals surface area (Å²) in [5.41, 5.74) is 1.94. The van der Waals surface area contributed by atoms with Gasteiger partial charge in [0.05, 0.1) is 0 Å². The van der Waals surface area contributed by atoms with Gasteiger partial charge in [-0.3, -0.25) is 0 Å². The third-order valence-corrected chi connectivity index (χ3v) is 4.37. The molecule has 0 aliphatic heterocycles. The normalized spacial score (nSPS) is 20.4. The first-order valence-corrected chi connectivity index (χ1v) is 7.12. The van der Waals surface area contributed by atoms with Crippen molar-refractivity contribution in [3.05, 3.63) is 35.9 Å². The maximum Gasteiger partial charge on any atom is 0.0161 e. The number of benzene rings is 1. The highest BCUT2D eigenvalue weighted by atomic mass is 14.9. The average Bonchev–Trinajstić information content (AvgIpc) is 2.87. The molecule has 0 spiro atoms. The summed E-state index contributed by atoms with van der Waals surface area (Å²) in [4.78, 5) is 0. The fourth-order valence-corrected chi connectivity index (χ4v) is 3.59. The Kier molecular flexibility index (Phi) is 4.22. The minimum Gasteiger partial charge on any atom is -0.313 e. The van der Waals surface area contributed by atoms with E-state index in [9.17, 15) is 0 Å². The third kappa shape index (κ3) is 2.40. The van der Waals surface area contributed by atoms with Crippen LogP contribution in [0.2, 0.25) is 0 Å². The summed E-state index contributed by atoms with van der Waals surface area (Å²) in [7, 11) is 0. The molecule has 0 saturated heterocycles. The van der Waals surface area contributed by atoms with Gasteiger partial charge in [-0.05, 0) is 31.4 Å². The number of nitrogens with one attached hydrogen (secondary N) is 1. The summed E-state index contributed by atoms with van der Waals surface area (Å²) in [5, 5.41) is 3.71. The van der Waals surface area contributed by atoms with Gasteiger partial charge in [-0.25, -0.2) is 0 Å². The molecule has 0 heterocycles. The minimum absolute atomic E-state index is 0.395. The Balaban J connectivity index is 2.32. The Hall–Kier alpha value is -0.820. The van der Waals surface area contributed by atoms with Crippen molar-refractivity contribution in [2.75, 3.05) is 6.54 Å². The van der Waals surface area contributed by atoms with Gasteiger partial charge in [-0.15, -0.1) is 0 Å². The van der Waals surface area contributed by atoms with E-state index in [1.165, 1.54) is 32.1 Å². The zero-order valence-corrected chi connectivity index (χ0v) is 11.2. The van der Waals surface area contributed by atoms with Crippen LogP contribution in [0.15, 0.2) is 30.3 Å². The molecule has 1 aliphatic carbocycles. The molecule has 0 aromatic heterocycles. The molecule has 0 amide bonds. The van der Waals surface area contributed by atoms with Crippen molar-refractivity contribution in [1.29, 1.82) is 0 Å². The molecular formula is C16H25N. The summed E-state index contributed by atoms with van der Waals surface area (Å²) in [6, 6.07) is 11.8. The topological polar surface area (TPSA) is 12.0 Å². The average molecular weight is 231 g/mol. The number of hydrogen-bond donors (Lipinski definition) is 1. The highest BCUT2D eigenvalue weighted by Crippen LogP contribution is 2.44. The molecule has 2 rings (SSSR count). The van der Waals surface area contributed by atoms with Crippen LogP contribution in [0.4, 0.5) is 0 Å². The molecule has 0 radical (unpaired) electrons. The van der Waals surface area contributed by atoms with Crippen LogP contribution in [0.1, 0.15) is 51.5 Å². The molecule has 1 heteroatoms. The summed E-state index contributed by atoms with van der Waals surface area (Å²) < 4.78 is 0. The Morgan fingerprint density at radius 3 is 2.29 bits per heavy atom. The van der Waals surface area contributed by atoms with E-state index in [0.717, 1.165) is 6.54 Å². The molecule has 17 heavy (non-hydrogen) atoms. The number of likely N-dealkylation sites (N-methyl/N-ethyl adjacent to an activating group) is 1. The molecule has 1 aliphatic rings. The van der Waals surface area contributed by atoms with E-state index in [2.05, 4.69) is 49.5 Å². The van der Waals surface area contributed by atoms with Crippen molar-refractivity contribution in [1.82, 2.24) is 5.32 Å². The molecule has 1 atom stereocenters. The van der Waals surface area contributed by atoms with Crippen molar-refractivity contribution < 1.29 is 0 Å². The van der Waals surface area contributed by atoms with Crippen molar-refractivity contribution >= 4 is 0 Å². The van der Waals surface area contributed by atoms with Gasteiger partial charge in [0.2, 0.25) is 0 Å². The van der Waals surface area contributed by atoms with Crippen LogP contribution in [0, 0.1) is 0 Å². The van der Waals surface area contributed by atoms with Crippen molar-refractivity contribution in [3.63, 3.8) is 0 Å². The SMILES string of the molecule is CCNC(CC)C1(c2ccccc2)CCCC1. The van der Waals surface area contributed by atoms with Crippen molar-refractivity contribution in [3.8, 4) is 0 Å². The Morgan fingerprint density at radius 1 is 1.12 bits per heavy atom. The third-order valence-electron chi connectivity index (χ3n) is 4.37. The molecular weight excluding hydrogens is 206 g/mol. The highest BCUT2D eigenvalue weighted by molar-refractivity contribution is 5.29.